The highest BCUT2D eigenvalue weighted by Crippen LogP contribution is 2.10. The van der Waals surface area contributed by atoms with Gasteiger partial charge in [-0.15, -0.1) is 0 Å². The van der Waals surface area contributed by atoms with Crippen LogP contribution in [0.1, 0.15) is 20.7 Å². The Morgan fingerprint density at radius 2 is 1.70 bits per heavy atom. The normalized spacial score (nSPS) is 10.1. The van der Waals surface area contributed by atoms with Crippen LogP contribution in [0.2, 0.25) is 0 Å². The lowest BCUT2D eigenvalue weighted by Crippen LogP contribution is -2.29. The zero-order chi connectivity index (χ0) is 14.5. The molecule has 0 aromatic heterocycles. The summed E-state index contributed by atoms with van der Waals surface area (Å²) in [6.45, 7) is -0.395. The number of hydrogen-bond acceptors (Lipinski definition) is 2. The van der Waals surface area contributed by atoms with E-state index in [-0.39, 0.29) is 5.56 Å². The van der Waals surface area contributed by atoms with E-state index >= 15 is 0 Å². The molecule has 0 radical (unpaired) electrons. The number of carbonyl (C=O) groups excluding carboxylic acids is 2. The molecule has 2 aromatic carbocycles. The van der Waals surface area contributed by atoms with E-state index in [2.05, 4.69) is 5.32 Å². The Kier molecular flexibility index (Phi) is 4.20. The van der Waals surface area contributed by atoms with E-state index in [1.807, 2.05) is 0 Å². The van der Waals surface area contributed by atoms with E-state index in [0.29, 0.717) is 5.56 Å². The molecule has 102 valence electrons. The summed E-state index contributed by atoms with van der Waals surface area (Å²) >= 11 is 0. The Morgan fingerprint density at radius 3 is 2.40 bits per heavy atom. The number of rotatable bonds is 4. The second-order valence-electron chi connectivity index (χ2n) is 4.10. The number of Topliss-reactive ketones (excluding diaryl/α,β-unsaturated/α-hetero) is 1. The van der Waals surface area contributed by atoms with Gasteiger partial charge in [0.1, 0.15) is 11.6 Å². The highest BCUT2D eigenvalue weighted by atomic mass is 19.1. The molecule has 0 aliphatic rings. The highest BCUT2D eigenvalue weighted by molar-refractivity contribution is 6.02. The SMILES string of the molecule is O=C(NCC(=O)c1cc(F)ccc1F)c1ccccc1. The lowest BCUT2D eigenvalue weighted by atomic mass is 10.1. The third-order valence-electron chi connectivity index (χ3n) is 2.67. The van der Waals surface area contributed by atoms with Gasteiger partial charge in [-0.3, -0.25) is 9.59 Å². The van der Waals surface area contributed by atoms with Crippen molar-refractivity contribution < 1.29 is 18.4 Å². The zero-order valence-electron chi connectivity index (χ0n) is 10.4. The molecule has 0 atom stereocenters. The van der Waals surface area contributed by atoms with Crippen LogP contribution in [-0.2, 0) is 0 Å². The van der Waals surface area contributed by atoms with Gasteiger partial charge in [0.25, 0.3) is 5.91 Å². The topological polar surface area (TPSA) is 46.2 Å². The number of ketones is 1. The average molecular weight is 275 g/mol. The summed E-state index contributed by atoms with van der Waals surface area (Å²) in [6.07, 6.45) is 0. The first-order chi connectivity index (χ1) is 9.58. The maximum atomic E-state index is 13.4. The van der Waals surface area contributed by atoms with Crippen molar-refractivity contribution in [3.63, 3.8) is 0 Å². The molecule has 2 rings (SSSR count). The number of carbonyl (C=O) groups is 2. The highest BCUT2D eigenvalue weighted by Gasteiger charge is 2.14. The number of halogens is 2. The molecule has 20 heavy (non-hydrogen) atoms. The summed E-state index contributed by atoms with van der Waals surface area (Å²) in [4.78, 5) is 23.4. The monoisotopic (exact) mass is 275 g/mol. The van der Waals surface area contributed by atoms with Crippen LogP contribution < -0.4 is 5.32 Å². The van der Waals surface area contributed by atoms with Crippen molar-refractivity contribution >= 4 is 11.7 Å². The van der Waals surface area contributed by atoms with Crippen molar-refractivity contribution in [1.82, 2.24) is 5.32 Å². The number of hydrogen-bond donors (Lipinski definition) is 1. The Hall–Kier alpha value is -2.56. The third kappa shape index (κ3) is 3.26. The molecular formula is C15H11F2NO2. The van der Waals surface area contributed by atoms with Crippen molar-refractivity contribution in [2.24, 2.45) is 0 Å². The number of nitrogens with one attached hydrogen (secondary N) is 1. The smallest absolute Gasteiger partial charge is 0.251 e. The van der Waals surface area contributed by atoms with Gasteiger partial charge in [-0.25, -0.2) is 8.78 Å². The third-order valence-corrected chi connectivity index (χ3v) is 2.67. The average Bonchev–Trinajstić information content (AvgIpc) is 2.47. The van der Waals surface area contributed by atoms with E-state index in [1.165, 1.54) is 0 Å². The van der Waals surface area contributed by atoms with Crippen LogP contribution in [0.15, 0.2) is 48.5 Å². The van der Waals surface area contributed by atoms with Crippen LogP contribution in [-0.4, -0.2) is 18.2 Å². The van der Waals surface area contributed by atoms with Gasteiger partial charge < -0.3 is 5.32 Å². The van der Waals surface area contributed by atoms with Gasteiger partial charge in [0.05, 0.1) is 12.1 Å². The minimum absolute atomic E-state index is 0.377. The second kappa shape index (κ2) is 6.06. The summed E-state index contributed by atoms with van der Waals surface area (Å²) in [7, 11) is 0. The molecule has 0 aliphatic heterocycles. The van der Waals surface area contributed by atoms with Crippen molar-refractivity contribution in [1.29, 1.82) is 0 Å². The Bertz CT molecular complexity index is 642. The molecule has 0 fully saturated rings. The van der Waals surface area contributed by atoms with E-state index < -0.39 is 29.9 Å². The quantitative estimate of drug-likeness (QED) is 0.872. The van der Waals surface area contributed by atoms with Gasteiger partial charge in [0, 0.05) is 5.56 Å². The molecule has 0 unspecified atom stereocenters. The zero-order valence-corrected chi connectivity index (χ0v) is 10.4. The van der Waals surface area contributed by atoms with E-state index in [0.717, 1.165) is 18.2 Å². The summed E-state index contributed by atoms with van der Waals surface area (Å²) in [5, 5.41) is 2.37. The Labute approximate surface area is 114 Å². The molecule has 0 saturated carbocycles. The minimum atomic E-state index is -0.814. The Balaban J connectivity index is 2.02. The van der Waals surface area contributed by atoms with Gasteiger partial charge in [-0.2, -0.15) is 0 Å². The summed E-state index contributed by atoms with van der Waals surface area (Å²) < 4.78 is 26.3. The largest absolute Gasteiger partial charge is 0.345 e. The van der Waals surface area contributed by atoms with Gasteiger partial charge >= 0.3 is 0 Å². The molecular weight excluding hydrogens is 264 g/mol. The van der Waals surface area contributed by atoms with Crippen LogP contribution in [0, 0.1) is 11.6 Å². The summed E-state index contributed by atoms with van der Waals surface area (Å²) in [6, 6.07) is 10.9. The standard InChI is InChI=1S/C15H11F2NO2/c16-11-6-7-13(17)12(8-11)14(19)9-18-15(20)10-4-2-1-3-5-10/h1-8H,9H2,(H,18,20). The molecule has 1 N–H and O–H groups in total. The fraction of sp³-hybridized carbons (Fsp3) is 0.0667. The number of benzene rings is 2. The predicted octanol–water partition coefficient (Wildman–Crippen LogP) is 2.58. The first-order valence-corrected chi connectivity index (χ1v) is 5.89. The van der Waals surface area contributed by atoms with Crippen molar-refractivity contribution in [2.75, 3.05) is 6.54 Å². The van der Waals surface area contributed by atoms with Crippen LogP contribution >= 0.6 is 0 Å². The first kappa shape index (κ1) is 13.9. The number of amides is 1. The fourth-order valence-corrected chi connectivity index (χ4v) is 1.66. The van der Waals surface area contributed by atoms with Crippen LogP contribution in [0.3, 0.4) is 0 Å². The maximum Gasteiger partial charge on any atom is 0.251 e. The van der Waals surface area contributed by atoms with Crippen LogP contribution in [0.5, 0.6) is 0 Å². The molecule has 5 heteroatoms. The van der Waals surface area contributed by atoms with Gasteiger partial charge in [-0.05, 0) is 30.3 Å². The molecule has 3 nitrogen and oxygen atoms in total. The molecule has 0 saturated heterocycles. The van der Waals surface area contributed by atoms with E-state index in [1.54, 1.807) is 30.3 Å². The molecule has 0 bridgehead atoms. The van der Waals surface area contributed by atoms with Gasteiger partial charge in [0.15, 0.2) is 5.78 Å². The van der Waals surface area contributed by atoms with E-state index in [4.69, 9.17) is 0 Å². The molecule has 0 aliphatic carbocycles. The van der Waals surface area contributed by atoms with Gasteiger partial charge in [0.2, 0.25) is 0 Å². The van der Waals surface area contributed by atoms with Crippen molar-refractivity contribution in [2.45, 2.75) is 0 Å². The molecule has 2 aromatic rings. The summed E-state index contributed by atoms with van der Waals surface area (Å²) in [5.41, 5.74) is 0.0124. The molecule has 0 spiro atoms. The van der Waals surface area contributed by atoms with Crippen LogP contribution in [0.4, 0.5) is 8.78 Å². The maximum absolute atomic E-state index is 13.4. The minimum Gasteiger partial charge on any atom is -0.345 e. The van der Waals surface area contributed by atoms with E-state index in [9.17, 15) is 18.4 Å². The van der Waals surface area contributed by atoms with Crippen molar-refractivity contribution in [3.05, 3.63) is 71.3 Å². The first-order valence-electron chi connectivity index (χ1n) is 5.89. The van der Waals surface area contributed by atoms with Gasteiger partial charge in [-0.1, -0.05) is 18.2 Å². The van der Waals surface area contributed by atoms with Crippen molar-refractivity contribution in [3.8, 4) is 0 Å². The Morgan fingerprint density at radius 1 is 1.00 bits per heavy atom. The lowest BCUT2D eigenvalue weighted by Gasteiger charge is -2.05. The predicted molar refractivity (Wildman–Crippen MR) is 69.5 cm³/mol. The molecule has 1 amide bonds. The second-order valence-corrected chi connectivity index (χ2v) is 4.10. The fourth-order valence-electron chi connectivity index (χ4n) is 1.66. The lowest BCUT2D eigenvalue weighted by molar-refractivity contribution is 0.0902. The molecule has 0 heterocycles. The van der Waals surface area contributed by atoms with Crippen LogP contribution in [0.25, 0.3) is 0 Å². The summed E-state index contributed by atoms with van der Waals surface area (Å²) in [5.74, 6) is -2.66.